The Morgan fingerprint density at radius 3 is 2.77 bits per heavy atom. The Hall–Kier alpha value is -2.08. The third-order valence-corrected chi connectivity index (χ3v) is 4.43. The fourth-order valence-corrected chi connectivity index (χ4v) is 3.09. The lowest BCUT2D eigenvalue weighted by atomic mass is 10.0. The van der Waals surface area contributed by atoms with Gasteiger partial charge in [0.2, 0.25) is 0 Å². The average Bonchev–Trinajstić information content (AvgIpc) is 2.85. The number of piperazine rings is 1. The summed E-state index contributed by atoms with van der Waals surface area (Å²) in [5.41, 5.74) is 1.86. The van der Waals surface area contributed by atoms with Crippen LogP contribution in [0.2, 0.25) is 0 Å². The predicted molar refractivity (Wildman–Crippen MR) is 83.1 cm³/mol. The van der Waals surface area contributed by atoms with Gasteiger partial charge >= 0.3 is 12.0 Å². The number of nitrogens with one attached hydrogen (secondary N) is 1. The molecule has 2 aliphatic rings. The number of anilines is 1. The van der Waals surface area contributed by atoms with Crippen molar-refractivity contribution < 1.29 is 14.7 Å². The molecule has 0 radical (unpaired) electrons. The van der Waals surface area contributed by atoms with E-state index >= 15 is 0 Å². The summed E-state index contributed by atoms with van der Waals surface area (Å²) in [6, 6.07) is 7.96. The first kappa shape index (κ1) is 14.8. The fraction of sp³-hybridized carbons (Fsp3) is 0.500. The zero-order chi connectivity index (χ0) is 15.7. The van der Waals surface area contributed by atoms with Gasteiger partial charge in [0.05, 0.1) is 12.0 Å². The van der Waals surface area contributed by atoms with E-state index in [-0.39, 0.29) is 12.1 Å². The molecule has 0 spiro atoms. The smallest absolute Gasteiger partial charge is 0.324 e. The number of carbonyl (C=O) groups excluding carboxylic acids is 1. The maximum absolute atomic E-state index is 12.4. The van der Waals surface area contributed by atoms with Crippen molar-refractivity contribution in [1.29, 1.82) is 0 Å². The van der Waals surface area contributed by atoms with Crippen LogP contribution in [0, 0.1) is 5.92 Å². The summed E-state index contributed by atoms with van der Waals surface area (Å²) in [4.78, 5) is 27.1. The first-order valence-electron chi connectivity index (χ1n) is 7.67. The second-order valence-corrected chi connectivity index (χ2v) is 6.05. The van der Waals surface area contributed by atoms with Crippen molar-refractivity contribution in [2.75, 3.05) is 31.1 Å². The van der Waals surface area contributed by atoms with Crippen molar-refractivity contribution in [2.45, 2.75) is 19.4 Å². The van der Waals surface area contributed by atoms with Gasteiger partial charge in [0.15, 0.2) is 0 Å². The quantitative estimate of drug-likeness (QED) is 0.875. The van der Waals surface area contributed by atoms with E-state index in [1.807, 2.05) is 34.1 Å². The van der Waals surface area contributed by atoms with Gasteiger partial charge in [-0.05, 0) is 24.1 Å². The molecule has 2 atom stereocenters. The third-order valence-electron chi connectivity index (χ3n) is 4.43. The van der Waals surface area contributed by atoms with Gasteiger partial charge in [0.25, 0.3) is 0 Å². The first-order chi connectivity index (χ1) is 10.6. The van der Waals surface area contributed by atoms with Gasteiger partial charge in [0.1, 0.15) is 0 Å². The highest BCUT2D eigenvalue weighted by molar-refractivity contribution is 5.94. The van der Waals surface area contributed by atoms with Crippen LogP contribution in [-0.2, 0) is 11.2 Å². The summed E-state index contributed by atoms with van der Waals surface area (Å²) in [7, 11) is 0. The highest BCUT2D eigenvalue weighted by Crippen LogP contribution is 2.25. The van der Waals surface area contributed by atoms with Gasteiger partial charge in [-0.2, -0.15) is 0 Å². The molecule has 1 unspecified atom stereocenters. The van der Waals surface area contributed by atoms with Crippen LogP contribution < -0.4 is 10.2 Å². The number of carboxylic acids is 1. The van der Waals surface area contributed by atoms with Crippen LogP contribution >= 0.6 is 0 Å². The summed E-state index contributed by atoms with van der Waals surface area (Å²) in [5, 5.41) is 12.3. The third kappa shape index (κ3) is 2.78. The van der Waals surface area contributed by atoms with Crippen molar-refractivity contribution in [3.05, 3.63) is 29.8 Å². The Morgan fingerprint density at radius 2 is 2.14 bits per heavy atom. The van der Waals surface area contributed by atoms with E-state index in [0.717, 1.165) is 30.9 Å². The van der Waals surface area contributed by atoms with E-state index in [1.165, 1.54) is 0 Å². The van der Waals surface area contributed by atoms with Crippen molar-refractivity contribution in [1.82, 2.24) is 10.2 Å². The molecule has 0 bridgehead atoms. The minimum Gasteiger partial charge on any atom is -0.481 e. The molecule has 0 saturated carbocycles. The van der Waals surface area contributed by atoms with Gasteiger partial charge in [-0.3, -0.25) is 9.69 Å². The summed E-state index contributed by atoms with van der Waals surface area (Å²) in [5.74, 6) is -1.19. The monoisotopic (exact) mass is 303 g/mol. The number of carboxylic acid groups (broad SMARTS) is 1. The van der Waals surface area contributed by atoms with E-state index in [0.29, 0.717) is 13.0 Å². The number of aliphatic carboxylic acids is 1. The van der Waals surface area contributed by atoms with Crippen molar-refractivity contribution in [3.8, 4) is 0 Å². The molecule has 2 fully saturated rings. The molecule has 3 rings (SSSR count). The molecular weight excluding hydrogens is 282 g/mol. The van der Waals surface area contributed by atoms with E-state index in [9.17, 15) is 9.59 Å². The Labute approximate surface area is 129 Å². The number of carbonyl (C=O) groups is 2. The lowest BCUT2D eigenvalue weighted by molar-refractivity contribution is -0.141. The number of rotatable bonds is 4. The van der Waals surface area contributed by atoms with Crippen molar-refractivity contribution >= 4 is 17.7 Å². The van der Waals surface area contributed by atoms with Crippen LogP contribution in [0.3, 0.4) is 0 Å². The van der Waals surface area contributed by atoms with Gasteiger partial charge in [-0.25, -0.2) is 4.79 Å². The van der Waals surface area contributed by atoms with Crippen LogP contribution in [0.4, 0.5) is 10.5 Å². The molecule has 2 amide bonds. The van der Waals surface area contributed by atoms with E-state index in [2.05, 4.69) is 5.32 Å². The largest absolute Gasteiger partial charge is 0.481 e. The van der Waals surface area contributed by atoms with Crippen LogP contribution in [0.5, 0.6) is 0 Å². The number of amides is 2. The number of urea groups is 1. The molecule has 118 valence electrons. The van der Waals surface area contributed by atoms with Crippen LogP contribution in [0.1, 0.15) is 12.5 Å². The van der Waals surface area contributed by atoms with E-state index < -0.39 is 11.9 Å². The summed E-state index contributed by atoms with van der Waals surface area (Å²) < 4.78 is 0. The summed E-state index contributed by atoms with van der Waals surface area (Å²) >= 11 is 0. The second kappa shape index (κ2) is 5.96. The minimum atomic E-state index is -0.789. The molecule has 2 aliphatic heterocycles. The molecule has 2 saturated heterocycles. The molecule has 1 aromatic rings. The Bertz CT molecular complexity index is 573. The Balaban J connectivity index is 1.70. The lowest BCUT2D eigenvalue weighted by Gasteiger charge is -2.28. The van der Waals surface area contributed by atoms with Gasteiger partial charge < -0.3 is 15.3 Å². The standard InChI is InChI=1S/C16H21N3O3/c1-11(15(20)21)8-12-2-4-13(5-3-12)19-10-14-9-17-6-7-18(14)16(19)22/h2-5,11,14,17H,6-10H2,1H3,(H,20,21)/t11?,14-/m0/s1. The topological polar surface area (TPSA) is 72.9 Å². The SMILES string of the molecule is CC(Cc1ccc(N2C[C@@H]3CNCCN3C2=O)cc1)C(=O)O. The maximum atomic E-state index is 12.4. The molecule has 0 aromatic heterocycles. The highest BCUT2D eigenvalue weighted by Gasteiger charge is 2.38. The van der Waals surface area contributed by atoms with E-state index in [4.69, 9.17) is 5.11 Å². The Kier molecular flexibility index (Phi) is 4.02. The number of hydrogen-bond donors (Lipinski definition) is 2. The van der Waals surface area contributed by atoms with Gasteiger partial charge in [-0.1, -0.05) is 19.1 Å². The molecule has 0 aliphatic carbocycles. The molecule has 6 heteroatoms. The molecule has 6 nitrogen and oxygen atoms in total. The van der Waals surface area contributed by atoms with Crippen LogP contribution in [-0.4, -0.2) is 54.2 Å². The normalized spacial score (nSPS) is 22.6. The summed E-state index contributed by atoms with van der Waals surface area (Å²) in [6.07, 6.45) is 0.502. The predicted octanol–water partition coefficient (Wildman–Crippen LogP) is 1.16. The first-order valence-corrected chi connectivity index (χ1v) is 7.67. The molecular formula is C16H21N3O3. The van der Waals surface area contributed by atoms with Gasteiger partial charge in [-0.15, -0.1) is 0 Å². The highest BCUT2D eigenvalue weighted by atomic mass is 16.4. The molecule has 2 heterocycles. The van der Waals surface area contributed by atoms with Crippen LogP contribution in [0.25, 0.3) is 0 Å². The lowest BCUT2D eigenvalue weighted by Crippen LogP contribution is -2.49. The molecule has 1 aromatic carbocycles. The number of fused-ring (bicyclic) bond motifs is 1. The summed E-state index contributed by atoms with van der Waals surface area (Å²) in [6.45, 7) is 4.86. The fourth-order valence-electron chi connectivity index (χ4n) is 3.09. The van der Waals surface area contributed by atoms with Crippen molar-refractivity contribution in [3.63, 3.8) is 0 Å². The van der Waals surface area contributed by atoms with Crippen molar-refractivity contribution in [2.24, 2.45) is 5.92 Å². The molecule has 22 heavy (non-hydrogen) atoms. The van der Waals surface area contributed by atoms with E-state index in [1.54, 1.807) is 6.92 Å². The second-order valence-electron chi connectivity index (χ2n) is 6.05. The maximum Gasteiger partial charge on any atom is 0.324 e. The molecule has 2 N–H and O–H groups in total. The van der Waals surface area contributed by atoms with Crippen LogP contribution in [0.15, 0.2) is 24.3 Å². The number of nitrogens with zero attached hydrogens (tertiary/aromatic N) is 2. The zero-order valence-corrected chi connectivity index (χ0v) is 12.7. The zero-order valence-electron chi connectivity index (χ0n) is 12.7. The van der Waals surface area contributed by atoms with Gasteiger partial charge in [0, 0.05) is 31.9 Å². The number of hydrogen-bond acceptors (Lipinski definition) is 3. The average molecular weight is 303 g/mol. The Morgan fingerprint density at radius 1 is 1.41 bits per heavy atom. The number of benzene rings is 1. The minimum absolute atomic E-state index is 0.0677.